The third-order valence-corrected chi connectivity index (χ3v) is 4.66. The molecule has 0 atom stereocenters. The fraction of sp³-hybridized carbons (Fsp3) is 0.308. The van der Waals surface area contributed by atoms with Gasteiger partial charge >= 0.3 is 0 Å². The average Bonchev–Trinajstić information content (AvgIpc) is 3.24. The molecule has 104 valence electrons. The molecule has 0 amide bonds. The normalized spacial score (nSPS) is 14.4. The van der Waals surface area contributed by atoms with Gasteiger partial charge in [-0.15, -0.1) is 0 Å². The first-order valence-electron chi connectivity index (χ1n) is 6.16. The van der Waals surface area contributed by atoms with E-state index in [4.69, 9.17) is 23.2 Å². The maximum atomic E-state index is 6.20. The van der Waals surface area contributed by atoms with Gasteiger partial charge in [0.2, 0.25) is 0 Å². The number of rotatable bonds is 3. The number of hydrogen-bond acceptors (Lipinski definition) is 4. The molecule has 0 unspecified atom stereocenters. The van der Waals surface area contributed by atoms with Crippen LogP contribution in [0.4, 0.5) is 5.82 Å². The second-order valence-corrected chi connectivity index (χ2v) is 6.53. The lowest BCUT2D eigenvalue weighted by atomic mass is 10.2. The molecule has 1 aliphatic rings. The number of hydrogen-bond donors (Lipinski definition) is 1. The second kappa shape index (κ2) is 5.61. The smallest absolute Gasteiger partial charge is 0.182 e. The summed E-state index contributed by atoms with van der Waals surface area (Å²) in [6.07, 6.45) is 3.91. The summed E-state index contributed by atoms with van der Waals surface area (Å²) in [5, 5.41) is 4.06. The topological polar surface area (TPSA) is 50.7 Å². The zero-order valence-corrected chi connectivity index (χ0v) is 14.3. The Morgan fingerprint density at radius 2 is 2.05 bits per heavy atom. The number of nitrogens with one attached hydrogen (secondary N) is 1. The molecule has 0 aliphatic heterocycles. The van der Waals surface area contributed by atoms with Crippen LogP contribution in [0.15, 0.2) is 12.3 Å². The lowest BCUT2D eigenvalue weighted by Gasteiger charge is -2.11. The molecule has 1 saturated carbocycles. The van der Waals surface area contributed by atoms with E-state index in [-0.39, 0.29) is 0 Å². The van der Waals surface area contributed by atoms with Crippen molar-refractivity contribution in [3.8, 4) is 11.5 Å². The Bertz CT molecular complexity index is 674. The summed E-state index contributed by atoms with van der Waals surface area (Å²) in [5.41, 5.74) is 1.64. The SMILES string of the molecule is CNc1nc(-c2ncc(Cl)cc2Cl)nc(C2CC2)c1I. The van der Waals surface area contributed by atoms with Crippen molar-refractivity contribution in [1.82, 2.24) is 15.0 Å². The highest BCUT2D eigenvalue weighted by Crippen LogP contribution is 2.43. The highest BCUT2D eigenvalue weighted by molar-refractivity contribution is 14.1. The molecule has 3 rings (SSSR count). The van der Waals surface area contributed by atoms with Crippen LogP contribution < -0.4 is 5.32 Å². The highest BCUT2D eigenvalue weighted by atomic mass is 127. The van der Waals surface area contributed by atoms with Crippen LogP contribution >= 0.6 is 45.8 Å². The number of anilines is 1. The molecule has 0 saturated heterocycles. The van der Waals surface area contributed by atoms with E-state index in [0.29, 0.717) is 27.5 Å². The predicted molar refractivity (Wildman–Crippen MR) is 89.5 cm³/mol. The van der Waals surface area contributed by atoms with E-state index < -0.39 is 0 Å². The van der Waals surface area contributed by atoms with Gasteiger partial charge in [-0.05, 0) is 41.5 Å². The summed E-state index contributed by atoms with van der Waals surface area (Å²) < 4.78 is 1.07. The molecule has 0 spiro atoms. The summed E-state index contributed by atoms with van der Waals surface area (Å²) in [4.78, 5) is 13.4. The van der Waals surface area contributed by atoms with E-state index in [2.05, 4.69) is 42.9 Å². The van der Waals surface area contributed by atoms with Crippen LogP contribution in [0.25, 0.3) is 11.5 Å². The second-order valence-electron chi connectivity index (χ2n) is 4.60. The van der Waals surface area contributed by atoms with Crippen LogP contribution in [0.5, 0.6) is 0 Å². The van der Waals surface area contributed by atoms with E-state index in [1.54, 1.807) is 12.3 Å². The maximum Gasteiger partial charge on any atom is 0.182 e. The Kier molecular flexibility index (Phi) is 4.01. The van der Waals surface area contributed by atoms with Crippen molar-refractivity contribution >= 4 is 51.6 Å². The van der Waals surface area contributed by atoms with Gasteiger partial charge in [-0.3, -0.25) is 0 Å². The van der Waals surface area contributed by atoms with Crippen molar-refractivity contribution in [2.75, 3.05) is 12.4 Å². The van der Waals surface area contributed by atoms with E-state index in [1.807, 2.05) is 7.05 Å². The van der Waals surface area contributed by atoms with Gasteiger partial charge < -0.3 is 5.32 Å². The monoisotopic (exact) mass is 420 g/mol. The van der Waals surface area contributed by atoms with Crippen molar-refractivity contribution < 1.29 is 0 Å². The van der Waals surface area contributed by atoms with Crippen LogP contribution in [0, 0.1) is 3.57 Å². The van der Waals surface area contributed by atoms with Gasteiger partial charge in [0, 0.05) is 19.2 Å². The molecule has 7 heteroatoms. The molecule has 1 fully saturated rings. The van der Waals surface area contributed by atoms with Gasteiger partial charge in [0.15, 0.2) is 5.82 Å². The molecule has 0 aromatic carbocycles. The Hall–Kier alpha value is -0.660. The van der Waals surface area contributed by atoms with Gasteiger partial charge in [-0.2, -0.15) is 0 Å². The summed E-state index contributed by atoms with van der Waals surface area (Å²) in [6.45, 7) is 0. The molecule has 2 heterocycles. The molecule has 1 N–H and O–H groups in total. The molecular weight excluding hydrogens is 410 g/mol. The Balaban J connectivity index is 2.15. The van der Waals surface area contributed by atoms with Gasteiger partial charge in [-0.1, -0.05) is 23.2 Å². The molecule has 0 bridgehead atoms. The largest absolute Gasteiger partial charge is 0.372 e. The van der Waals surface area contributed by atoms with E-state index in [0.717, 1.165) is 15.1 Å². The Morgan fingerprint density at radius 3 is 2.65 bits per heavy atom. The van der Waals surface area contributed by atoms with E-state index in [9.17, 15) is 0 Å². The molecular formula is C13H11Cl2IN4. The first kappa shape index (κ1) is 14.3. The summed E-state index contributed by atoms with van der Waals surface area (Å²) in [5.74, 6) is 1.88. The van der Waals surface area contributed by atoms with Crippen molar-refractivity contribution in [1.29, 1.82) is 0 Å². The average molecular weight is 421 g/mol. The number of pyridine rings is 1. The van der Waals surface area contributed by atoms with Crippen LogP contribution in [-0.2, 0) is 0 Å². The quantitative estimate of drug-likeness (QED) is 0.749. The number of nitrogens with zero attached hydrogens (tertiary/aromatic N) is 3. The highest BCUT2D eigenvalue weighted by Gasteiger charge is 2.29. The molecule has 1 aliphatic carbocycles. The number of halogens is 3. The Labute approximate surface area is 140 Å². The summed E-state index contributed by atoms with van der Waals surface area (Å²) >= 11 is 14.4. The first-order valence-corrected chi connectivity index (χ1v) is 8.00. The zero-order valence-electron chi connectivity index (χ0n) is 10.6. The first-order chi connectivity index (χ1) is 9.60. The zero-order chi connectivity index (χ0) is 14.3. The van der Waals surface area contributed by atoms with Crippen LogP contribution in [-0.4, -0.2) is 22.0 Å². The third kappa shape index (κ3) is 2.71. The summed E-state index contributed by atoms with van der Waals surface area (Å²) in [6, 6.07) is 1.66. The van der Waals surface area contributed by atoms with Gasteiger partial charge in [0.25, 0.3) is 0 Å². The van der Waals surface area contributed by atoms with Crippen LogP contribution in [0.2, 0.25) is 10.0 Å². The minimum Gasteiger partial charge on any atom is -0.372 e. The third-order valence-electron chi connectivity index (χ3n) is 3.10. The minimum absolute atomic E-state index is 0.461. The van der Waals surface area contributed by atoms with E-state index >= 15 is 0 Å². The fourth-order valence-corrected chi connectivity index (χ4v) is 3.36. The molecule has 2 aromatic heterocycles. The lowest BCUT2D eigenvalue weighted by Crippen LogP contribution is -2.05. The molecule has 20 heavy (non-hydrogen) atoms. The predicted octanol–water partition coefficient (Wildman–Crippen LogP) is 4.37. The molecule has 4 nitrogen and oxygen atoms in total. The fourth-order valence-electron chi connectivity index (χ4n) is 1.94. The minimum atomic E-state index is 0.461. The Morgan fingerprint density at radius 1 is 1.30 bits per heavy atom. The van der Waals surface area contributed by atoms with E-state index in [1.165, 1.54) is 12.8 Å². The summed E-state index contributed by atoms with van der Waals surface area (Å²) in [7, 11) is 1.85. The van der Waals surface area contributed by atoms with Crippen molar-refractivity contribution in [2.24, 2.45) is 0 Å². The van der Waals surface area contributed by atoms with Crippen LogP contribution in [0.3, 0.4) is 0 Å². The van der Waals surface area contributed by atoms with Crippen LogP contribution in [0.1, 0.15) is 24.5 Å². The standard InChI is InChI=1S/C13H11Cl2IN4/c1-17-12-9(16)10(6-2-3-6)19-13(20-12)11-8(15)4-7(14)5-18-11/h4-6H,2-3H2,1H3,(H,17,19,20). The van der Waals surface area contributed by atoms with Crippen molar-refractivity contribution in [3.05, 3.63) is 31.6 Å². The van der Waals surface area contributed by atoms with Gasteiger partial charge in [0.1, 0.15) is 11.5 Å². The van der Waals surface area contributed by atoms with Gasteiger partial charge in [-0.25, -0.2) is 15.0 Å². The van der Waals surface area contributed by atoms with Crippen molar-refractivity contribution in [3.63, 3.8) is 0 Å². The molecule has 0 radical (unpaired) electrons. The maximum absolute atomic E-state index is 6.20. The van der Waals surface area contributed by atoms with Crippen molar-refractivity contribution in [2.45, 2.75) is 18.8 Å². The van der Waals surface area contributed by atoms with Gasteiger partial charge in [0.05, 0.1) is 19.3 Å². The molecule has 2 aromatic rings. The lowest BCUT2D eigenvalue weighted by molar-refractivity contribution is 0.973. The number of aromatic nitrogens is 3.